The molecule has 0 bridgehead atoms. The number of carboxylic acid groups (broad SMARTS) is 1. The van der Waals surface area contributed by atoms with Crippen molar-refractivity contribution in [1.29, 1.82) is 0 Å². The SMILES string of the molecule is Cc1c(/C=C(\Sc2n[nH]c(-c3ccc(Cl)cc3)n2)C(=O)O)c2ccccc2n1Cc1ccccc1. The maximum atomic E-state index is 12.2. The molecule has 0 unspecified atom stereocenters. The van der Waals surface area contributed by atoms with Crippen LogP contribution in [-0.4, -0.2) is 30.8 Å². The molecule has 6 nitrogen and oxygen atoms in total. The van der Waals surface area contributed by atoms with Gasteiger partial charge < -0.3 is 9.67 Å². The average Bonchev–Trinajstić information content (AvgIpc) is 3.43. The molecule has 174 valence electrons. The van der Waals surface area contributed by atoms with E-state index in [9.17, 15) is 9.90 Å². The summed E-state index contributed by atoms with van der Waals surface area (Å²) >= 11 is 6.97. The first-order valence-electron chi connectivity index (χ1n) is 10.9. The zero-order valence-electron chi connectivity index (χ0n) is 18.8. The molecular weight excluding hydrogens is 480 g/mol. The highest BCUT2D eigenvalue weighted by Gasteiger charge is 2.18. The molecule has 0 aliphatic rings. The van der Waals surface area contributed by atoms with Crippen molar-refractivity contribution in [2.45, 2.75) is 18.6 Å². The molecule has 0 radical (unpaired) electrons. The van der Waals surface area contributed by atoms with Crippen LogP contribution in [0.3, 0.4) is 0 Å². The number of halogens is 1. The minimum absolute atomic E-state index is 0.136. The standard InChI is InChI=1S/C27H21ClN4O2S/c1-17-22(21-9-5-6-10-23(21)32(17)16-18-7-3-2-4-8-18)15-24(26(33)34)35-27-29-25(30-31-27)19-11-13-20(28)14-12-19/h2-15H,16H2,1H3,(H,33,34)(H,29,30,31)/b24-15-. The molecule has 2 aromatic heterocycles. The summed E-state index contributed by atoms with van der Waals surface area (Å²) in [5, 5.41) is 19.0. The van der Waals surface area contributed by atoms with Crippen molar-refractivity contribution < 1.29 is 9.90 Å². The number of benzene rings is 3. The number of carbonyl (C=O) groups is 1. The minimum Gasteiger partial charge on any atom is -0.477 e. The van der Waals surface area contributed by atoms with E-state index in [0.717, 1.165) is 39.5 Å². The van der Waals surface area contributed by atoms with Gasteiger partial charge in [-0.25, -0.2) is 9.78 Å². The van der Waals surface area contributed by atoms with Crippen LogP contribution >= 0.6 is 23.4 Å². The molecule has 0 spiro atoms. The fourth-order valence-corrected chi connectivity index (χ4v) is 4.82. The van der Waals surface area contributed by atoms with Crippen molar-refractivity contribution in [2.24, 2.45) is 0 Å². The minimum atomic E-state index is -1.04. The molecule has 2 N–H and O–H groups in total. The largest absolute Gasteiger partial charge is 0.477 e. The van der Waals surface area contributed by atoms with Gasteiger partial charge in [0.05, 0.1) is 0 Å². The van der Waals surface area contributed by atoms with E-state index >= 15 is 0 Å². The number of para-hydroxylation sites is 1. The Morgan fingerprint density at radius 1 is 1.06 bits per heavy atom. The molecular formula is C27H21ClN4O2S. The van der Waals surface area contributed by atoms with Gasteiger partial charge in [-0.3, -0.25) is 5.10 Å². The van der Waals surface area contributed by atoms with Gasteiger partial charge in [0, 0.05) is 39.3 Å². The van der Waals surface area contributed by atoms with Gasteiger partial charge in [0.1, 0.15) is 4.91 Å². The van der Waals surface area contributed by atoms with E-state index < -0.39 is 5.97 Å². The van der Waals surface area contributed by atoms with E-state index in [-0.39, 0.29) is 4.91 Å². The maximum absolute atomic E-state index is 12.2. The van der Waals surface area contributed by atoms with Gasteiger partial charge in [0.25, 0.3) is 0 Å². The number of rotatable bonds is 7. The summed E-state index contributed by atoms with van der Waals surface area (Å²) < 4.78 is 2.21. The number of aromatic nitrogens is 4. The van der Waals surface area contributed by atoms with Gasteiger partial charge in [0.2, 0.25) is 5.16 Å². The molecule has 0 saturated carbocycles. The number of nitrogens with zero attached hydrogens (tertiary/aromatic N) is 3. The van der Waals surface area contributed by atoms with Crippen LogP contribution in [0.5, 0.6) is 0 Å². The average molecular weight is 501 g/mol. The number of aromatic amines is 1. The van der Waals surface area contributed by atoms with Crippen molar-refractivity contribution in [1.82, 2.24) is 19.7 Å². The lowest BCUT2D eigenvalue weighted by molar-refractivity contribution is -0.131. The summed E-state index contributed by atoms with van der Waals surface area (Å²) in [7, 11) is 0. The zero-order chi connectivity index (χ0) is 24.4. The van der Waals surface area contributed by atoms with E-state index in [0.29, 0.717) is 22.5 Å². The highest BCUT2D eigenvalue weighted by atomic mass is 35.5. The second-order valence-corrected chi connectivity index (χ2v) is 9.42. The van der Waals surface area contributed by atoms with E-state index in [4.69, 9.17) is 11.6 Å². The number of nitrogens with one attached hydrogen (secondary N) is 1. The van der Waals surface area contributed by atoms with E-state index in [1.165, 1.54) is 5.56 Å². The third-order valence-electron chi connectivity index (χ3n) is 5.73. The molecule has 2 heterocycles. The number of aliphatic carboxylic acids is 1. The molecule has 0 saturated heterocycles. The molecule has 5 aromatic rings. The Hall–Kier alpha value is -3.81. The summed E-state index contributed by atoms with van der Waals surface area (Å²) in [6.45, 7) is 2.71. The van der Waals surface area contributed by atoms with Crippen LogP contribution in [-0.2, 0) is 11.3 Å². The number of carboxylic acids is 1. The molecule has 35 heavy (non-hydrogen) atoms. The summed E-state index contributed by atoms with van der Waals surface area (Å²) in [5.41, 5.74) is 4.91. The first-order chi connectivity index (χ1) is 17.0. The van der Waals surface area contributed by atoms with E-state index in [2.05, 4.69) is 37.9 Å². The van der Waals surface area contributed by atoms with Gasteiger partial charge in [0.15, 0.2) is 5.82 Å². The van der Waals surface area contributed by atoms with Crippen LogP contribution in [0.25, 0.3) is 28.4 Å². The lowest BCUT2D eigenvalue weighted by atomic mass is 10.1. The number of hydrogen-bond donors (Lipinski definition) is 2. The van der Waals surface area contributed by atoms with Gasteiger partial charge in [-0.05, 0) is 60.7 Å². The first kappa shape index (κ1) is 23.0. The quantitative estimate of drug-likeness (QED) is 0.193. The highest BCUT2D eigenvalue weighted by Crippen LogP contribution is 2.33. The van der Waals surface area contributed by atoms with Crippen LogP contribution in [0, 0.1) is 6.92 Å². The second kappa shape index (κ2) is 9.82. The van der Waals surface area contributed by atoms with Crippen molar-refractivity contribution >= 4 is 46.3 Å². The summed E-state index contributed by atoms with van der Waals surface area (Å²) in [5.74, 6) is -0.489. The second-order valence-electron chi connectivity index (χ2n) is 7.98. The molecule has 0 atom stereocenters. The van der Waals surface area contributed by atoms with Crippen LogP contribution < -0.4 is 0 Å². The van der Waals surface area contributed by atoms with Gasteiger partial charge in [-0.1, -0.05) is 60.1 Å². The van der Waals surface area contributed by atoms with Gasteiger partial charge in [-0.2, -0.15) is 0 Å². The molecule has 0 aliphatic carbocycles. The number of H-pyrrole nitrogens is 1. The molecule has 0 amide bonds. The smallest absolute Gasteiger partial charge is 0.342 e. The molecule has 0 fully saturated rings. The number of hydrogen-bond acceptors (Lipinski definition) is 4. The third kappa shape index (κ3) is 4.87. The lowest BCUT2D eigenvalue weighted by Gasteiger charge is -2.08. The van der Waals surface area contributed by atoms with Crippen LogP contribution in [0.1, 0.15) is 16.8 Å². The summed E-state index contributed by atoms with van der Waals surface area (Å²) in [6, 6.07) is 25.4. The summed E-state index contributed by atoms with van der Waals surface area (Å²) in [6.07, 6.45) is 1.71. The van der Waals surface area contributed by atoms with Crippen molar-refractivity contribution in [3.8, 4) is 11.4 Å². The first-order valence-corrected chi connectivity index (χ1v) is 12.1. The Balaban J connectivity index is 1.51. The van der Waals surface area contributed by atoms with Crippen molar-refractivity contribution in [3.63, 3.8) is 0 Å². The van der Waals surface area contributed by atoms with Crippen LogP contribution in [0.2, 0.25) is 5.02 Å². The van der Waals surface area contributed by atoms with E-state index in [1.54, 1.807) is 18.2 Å². The summed E-state index contributed by atoms with van der Waals surface area (Å²) in [4.78, 5) is 16.8. The predicted octanol–water partition coefficient (Wildman–Crippen LogP) is 6.65. The van der Waals surface area contributed by atoms with Crippen LogP contribution in [0.4, 0.5) is 0 Å². The van der Waals surface area contributed by atoms with Gasteiger partial charge >= 0.3 is 5.97 Å². The zero-order valence-corrected chi connectivity index (χ0v) is 20.3. The Morgan fingerprint density at radius 2 is 1.77 bits per heavy atom. The Bertz CT molecular complexity index is 1540. The van der Waals surface area contributed by atoms with E-state index in [1.807, 2.05) is 55.5 Å². The van der Waals surface area contributed by atoms with Crippen molar-refractivity contribution in [2.75, 3.05) is 0 Å². The van der Waals surface area contributed by atoms with Gasteiger partial charge in [-0.15, -0.1) is 5.10 Å². The third-order valence-corrected chi connectivity index (χ3v) is 6.86. The molecule has 0 aliphatic heterocycles. The highest BCUT2D eigenvalue weighted by molar-refractivity contribution is 8.04. The van der Waals surface area contributed by atoms with Crippen LogP contribution in [0.15, 0.2) is 88.9 Å². The fourth-order valence-electron chi connectivity index (χ4n) is 4.00. The number of fused-ring (bicyclic) bond motifs is 1. The topological polar surface area (TPSA) is 83.8 Å². The monoisotopic (exact) mass is 500 g/mol. The Kier molecular flexibility index (Phi) is 6.44. The Morgan fingerprint density at radius 3 is 2.51 bits per heavy atom. The number of thioether (sulfide) groups is 1. The molecule has 8 heteroatoms. The lowest BCUT2D eigenvalue weighted by Crippen LogP contribution is -2.02. The Labute approximate surface area is 211 Å². The fraction of sp³-hybridized carbons (Fsp3) is 0.0741. The predicted molar refractivity (Wildman–Crippen MR) is 141 cm³/mol. The maximum Gasteiger partial charge on any atom is 0.342 e. The van der Waals surface area contributed by atoms with Crippen molar-refractivity contribution in [3.05, 3.63) is 106 Å². The normalized spacial score (nSPS) is 11.8. The molecule has 5 rings (SSSR count). The molecule has 3 aromatic carbocycles.